The monoisotopic (exact) mass is 221 g/mol. The van der Waals surface area contributed by atoms with E-state index < -0.39 is 6.10 Å². The fourth-order valence-electron chi connectivity index (χ4n) is 1.55. The van der Waals surface area contributed by atoms with Crippen molar-refractivity contribution in [3.63, 3.8) is 0 Å². The molecule has 0 saturated heterocycles. The lowest BCUT2D eigenvalue weighted by Crippen LogP contribution is -2.29. The largest absolute Gasteiger partial charge is 0.387 e. The van der Waals surface area contributed by atoms with Crippen molar-refractivity contribution in [3.8, 4) is 0 Å². The van der Waals surface area contributed by atoms with Gasteiger partial charge in [-0.25, -0.2) is 0 Å². The van der Waals surface area contributed by atoms with Crippen molar-refractivity contribution < 1.29 is 5.11 Å². The molecule has 2 heteroatoms. The van der Waals surface area contributed by atoms with Crippen molar-refractivity contribution in [3.05, 3.63) is 34.9 Å². The predicted octanol–water partition coefficient (Wildman–Crippen LogP) is 2.72. The number of hydrogen-bond donors (Lipinski definition) is 2. The average Bonchev–Trinajstić information content (AvgIpc) is 2.29. The average molecular weight is 221 g/mol. The molecule has 16 heavy (non-hydrogen) atoms. The lowest BCUT2D eigenvalue weighted by molar-refractivity contribution is 0.170. The maximum atomic E-state index is 10.0. The lowest BCUT2D eigenvalue weighted by Gasteiger charge is -2.16. The molecule has 0 radical (unpaired) electrons. The summed E-state index contributed by atoms with van der Waals surface area (Å²) >= 11 is 0. The van der Waals surface area contributed by atoms with Crippen LogP contribution in [-0.2, 0) is 0 Å². The van der Waals surface area contributed by atoms with Gasteiger partial charge >= 0.3 is 0 Å². The second-order valence-electron chi connectivity index (χ2n) is 4.58. The molecule has 2 atom stereocenters. The van der Waals surface area contributed by atoms with Gasteiger partial charge in [0.05, 0.1) is 6.10 Å². The highest BCUT2D eigenvalue weighted by atomic mass is 16.3. The normalized spacial score (nSPS) is 14.8. The van der Waals surface area contributed by atoms with Crippen LogP contribution in [-0.4, -0.2) is 17.7 Å². The van der Waals surface area contributed by atoms with E-state index in [2.05, 4.69) is 45.1 Å². The highest BCUT2D eigenvalue weighted by molar-refractivity contribution is 5.31. The summed E-state index contributed by atoms with van der Waals surface area (Å²) in [6, 6.07) is 6.60. The lowest BCUT2D eigenvalue weighted by atomic mass is 10.0. The summed E-state index contributed by atoms with van der Waals surface area (Å²) in [7, 11) is 0. The molecule has 0 bridgehead atoms. The fourth-order valence-corrected chi connectivity index (χ4v) is 1.55. The molecule has 0 spiro atoms. The van der Waals surface area contributed by atoms with Crippen LogP contribution in [0.15, 0.2) is 18.2 Å². The van der Waals surface area contributed by atoms with E-state index in [0.29, 0.717) is 12.6 Å². The molecule has 0 aliphatic heterocycles. The molecule has 1 rings (SSSR count). The first-order valence-corrected chi connectivity index (χ1v) is 6.03. The maximum Gasteiger partial charge on any atom is 0.0914 e. The van der Waals surface area contributed by atoms with Crippen molar-refractivity contribution in [1.82, 2.24) is 5.32 Å². The smallest absolute Gasteiger partial charge is 0.0914 e. The van der Waals surface area contributed by atoms with E-state index in [9.17, 15) is 5.11 Å². The summed E-state index contributed by atoms with van der Waals surface area (Å²) in [5.74, 6) is 0. The Morgan fingerprint density at radius 1 is 1.25 bits per heavy atom. The summed E-state index contributed by atoms with van der Waals surface area (Å²) < 4.78 is 0. The van der Waals surface area contributed by atoms with Crippen molar-refractivity contribution in [2.45, 2.75) is 46.3 Å². The van der Waals surface area contributed by atoms with Gasteiger partial charge in [0.25, 0.3) is 0 Å². The quantitative estimate of drug-likeness (QED) is 0.801. The summed E-state index contributed by atoms with van der Waals surface area (Å²) in [5, 5.41) is 13.3. The molecule has 0 fully saturated rings. The molecule has 2 nitrogen and oxygen atoms in total. The van der Waals surface area contributed by atoms with Gasteiger partial charge in [-0.1, -0.05) is 25.1 Å². The van der Waals surface area contributed by atoms with Gasteiger partial charge in [0, 0.05) is 12.6 Å². The summed E-state index contributed by atoms with van der Waals surface area (Å²) in [6.45, 7) is 9.06. The van der Waals surface area contributed by atoms with Crippen LogP contribution < -0.4 is 5.32 Å². The van der Waals surface area contributed by atoms with E-state index in [1.54, 1.807) is 0 Å². The molecule has 0 amide bonds. The van der Waals surface area contributed by atoms with Gasteiger partial charge in [-0.15, -0.1) is 0 Å². The number of aliphatic hydroxyl groups is 1. The molecule has 1 aromatic rings. The molecular formula is C14H23NO. The summed E-state index contributed by atoms with van der Waals surface area (Å²) in [4.78, 5) is 0. The molecule has 0 aliphatic carbocycles. The van der Waals surface area contributed by atoms with Gasteiger partial charge in [0.15, 0.2) is 0 Å². The van der Waals surface area contributed by atoms with Crippen molar-refractivity contribution >= 4 is 0 Å². The van der Waals surface area contributed by atoms with Gasteiger partial charge in [0.2, 0.25) is 0 Å². The van der Waals surface area contributed by atoms with Crippen LogP contribution >= 0.6 is 0 Å². The summed E-state index contributed by atoms with van der Waals surface area (Å²) in [6.07, 6.45) is 0.674. The van der Waals surface area contributed by atoms with Gasteiger partial charge < -0.3 is 10.4 Å². The number of aryl methyl sites for hydroxylation is 2. The van der Waals surface area contributed by atoms with E-state index in [1.807, 2.05) is 6.07 Å². The SMILES string of the molecule is CCC(C)NCC(O)c1ccc(C)c(C)c1. The van der Waals surface area contributed by atoms with E-state index in [4.69, 9.17) is 0 Å². The van der Waals surface area contributed by atoms with Gasteiger partial charge in [-0.2, -0.15) is 0 Å². The zero-order valence-electron chi connectivity index (χ0n) is 10.7. The van der Waals surface area contributed by atoms with Crippen LogP contribution in [0.3, 0.4) is 0 Å². The van der Waals surface area contributed by atoms with Crippen LogP contribution in [0.5, 0.6) is 0 Å². The number of rotatable bonds is 5. The van der Waals surface area contributed by atoms with E-state index >= 15 is 0 Å². The third-order valence-electron chi connectivity index (χ3n) is 3.19. The molecule has 0 aliphatic rings. The Morgan fingerprint density at radius 3 is 2.50 bits per heavy atom. The molecular weight excluding hydrogens is 198 g/mol. The number of benzene rings is 1. The zero-order chi connectivity index (χ0) is 12.1. The minimum absolute atomic E-state index is 0.409. The topological polar surface area (TPSA) is 32.3 Å². The van der Waals surface area contributed by atoms with Crippen molar-refractivity contribution in [2.75, 3.05) is 6.54 Å². The van der Waals surface area contributed by atoms with Crippen LogP contribution in [0.2, 0.25) is 0 Å². The number of hydrogen-bond acceptors (Lipinski definition) is 2. The van der Waals surface area contributed by atoms with E-state index in [1.165, 1.54) is 11.1 Å². The first-order chi connectivity index (χ1) is 7.54. The minimum Gasteiger partial charge on any atom is -0.387 e. The predicted molar refractivity (Wildman–Crippen MR) is 68.6 cm³/mol. The second kappa shape index (κ2) is 6.02. The molecule has 0 heterocycles. The Hall–Kier alpha value is -0.860. The first kappa shape index (κ1) is 13.2. The molecule has 2 unspecified atom stereocenters. The Morgan fingerprint density at radius 2 is 1.94 bits per heavy atom. The highest BCUT2D eigenvalue weighted by Gasteiger charge is 2.09. The van der Waals surface area contributed by atoms with Crippen molar-refractivity contribution in [2.24, 2.45) is 0 Å². The van der Waals surface area contributed by atoms with E-state index in [0.717, 1.165) is 12.0 Å². The van der Waals surface area contributed by atoms with Gasteiger partial charge in [0.1, 0.15) is 0 Å². The minimum atomic E-state index is -0.409. The Kier molecular flexibility index (Phi) is 4.97. The third-order valence-corrected chi connectivity index (χ3v) is 3.19. The Labute approximate surface area is 98.7 Å². The number of aliphatic hydroxyl groups excluding tert-OH is 1. The standard InChI is InChI=1S/C14H23NO/c1-5-12(4)15-9-14(16)13-7-6-10(2)11(3)8-13/h6-8,12,14-16H,5,9H2,1-4H3. The molecule has 0 saturated carbocycles. The molecule has 90 valence electrons. The Bertz CT molecular complexity index is 336. The van der Waals surface area contributed by atoms with E-state index in [-0.39, 0.29) is 0 Å². The fraction of sp³-hybridized carbons (Fsp3) is 0.571. The maximum absolute atomic E-state index is 10.0. The first-order valence-electron chi connectivity index (χ1n) is 6.03. The molecule has 2 N–H and O–H groups in total. The van der Waals surface area contributed by atoms with Crippen molar-refractivity contribution in [1.29, 1.82) is 0 Å². The van der Waals surface area contributed by atoms with Crippen LogP contribution in [0.25, 0.3) is 0 Å². The zero-order valence-corrected chi connectivity index (χ0v) is 10.7. The highest BCUT2D eigenvalue weighted by Crippen LogP contribution is 2.16. The Balaban J connectivity index is 2.59. The van der Waals surface area contributed by atoms with Crippen LogP contribution in [0, 0.1) is 13.8 Å². The van der Waals surface area contributed by atoms with Gasteiger partial charge in [-0.05, 0) is 43.9 Å². The number of nitrogens with one attached hydrogen (secondary N) is 1. The third kappa shape index (κ3) is 3.62. The second-order valence-corrected chi connectivity index (χ2v) is 4.58. The molecule has 0 aromatic heterocycles. The molecule has 1 aromatic carbocycles. The van der Waals surface area contributed by atoms with Gasteiger partial charge in [-0.3, -0.25) is 0 Å². The summed E-state index contributed by atoms with van der Waals surface area (Å²) in [5.41, 5.74) is 3.50. The van der Waals surface area contributed by atoms with Crippen LogP contribution in [0.1, 0.15) is 43.1 Å². The van der Waals surface area contributed by atoms with Crippen LogP contribution in [0.4, 0.5) is 0 Å².